The molecule has 0 saturated carbocycles. The van der Waals surface area contributed by atoms with Crippen molar-refractivity contribution in [2.24, 2.45) is 7.05 Å². The first kappa shape index (κ1) is 34.2. The van der Waals surface area contributed by atoms with E-state index in [-0.39, 0.29) is 57.0 Å². The van der Waals surface area contributed by atoms with E-state index in [4.69, 9.17) is 16.3 Å². The Morgan fingerprint density at radius 2 is 2.04 bits per heavy atom. The van der Waals surface area contributed by atoms with Gasteiger partial charge in [0.1, 0.15) is 18.5 Å². The van der Waals surface area contributed by atoms with Gasteiger partial charge >= 0.3 is 6.18 Å². The number of likely N-dealkylation sites (tertiary alicyclic amines) is 1. The van der Waals surface area contributed by atoms with Crippen molar-refractivity contribution in [2.75, 3.05) is 29.9 Å². The molecule has 1 saturated heterocycles. The number of rotatable bonds is 7. The van der Waals surface area contributed by atoms with Gasteiger partial charge in [0.05, 0.1) is 40.3 Å². The van der Waals surface area contributed by atoms with E-state index in [1.54, 1.807) is 6.92 Å². The van der Waals surface area contributed by atoms with Crippen molar-refractivity contribution in [3.8, 4) is 5.75 Å². The number of benzene rings is 1. The summed E-state index contributed by atoms with van der Waals surface area (Å²) < 4.78 is 63.1. The lowest BCUT2D eigenvalue weighted by atomic mass is 9.82. The Kier molecular flexibility index (Phi) is 9.31. The van der Waals surface area contributed by atoms with Crippen LogP contribution >= 0.6 is 27.5 Å². The topological polar surface area (TPSA) is 156 Å². The second-order valence-electron chi connectivity index (χ2n) is 10.8. The maximum atomic E-state index is 16.3. The molecule has 1 spiro atoms. The van der Waals surface area contributed by atoms with Crippen LogP contribution in [0.1, 0.15) is 35.1 Å². The maximum absolute atomic E-state index is 16.3. The standard InChI is InChI=1S/C28H26BrClF4N8O5/c1-13-23(45)21(36-12-35-13)24(46)41-7-6-27(19(31)9-41)16(11-43)22(14(2)47-27)42(26-38-25(29)39-40(26)3)10-20(44)37-18-5-4-15(8-17(18)30)28(32,33)34/h4-5,8,11-12,14,19,45H,6-7,9-10H2,1-3H3,(H,37,44). The summed E-state index contributed by atoms with van der Waals surface area (Å²) in [5.74, 6) is -1.90. The van der Waals surface area contributed by atoms with E-state index in [9.17, 15) is 32.7 Å². The molecule has 0 bridgehead atoms. The molecule has 0 radical (unpaired) electrons. The number of ether oxygens (including phenoxy) is 1. The van der Waals surface area contributed by atoms with Gasteiger partial charge in [-0.2, -0.15) is 18.2 Å². The Bertz CT molecular complexity index is 1790. The van der Waals surface area contributed by atoms with Crippen LogP contribution in [0.5, 0.6) is 5.75 Å². The fourth-order valence-electron chi connectivity index (χ4n) is 5.65. The minimum Gasteiger partial charge on any atom is -0.504 e. The number of nitrogens with zero attached hydrogens (tertiary/aromatic N) is 7. The normalized spacial score (nSPS) is 21.3. The van der Waals surface area contributed by atoms with Crippen LogP contribution in [-0.2, 0) is 27.5 Å². The van der Waals surface area contributed by atoms with Crippen LogP contribution in [0.3, 0.4) is 0 Å². The lowest BCUT2D eigenvalue weighted by Gasteiger charge is -2.42. The Hall–Kier alpha value is -4.16. The molecular formula is C28H26BrClF4N8O5. The molecule has 5 rings (SSSR count). The van der Waals surface area contributed by atoms with Crippen molar-refractivity contribution in [3.63, 3.8) is 0 Å². The van der Waals surface area contributed by atoms with Crippen LogP contribution < -0.4 is 10.2 Å². The number of amides is 2. The molecule has 1 fully saturated rings. The van der Waals surface area contributed by atoms with Gasteiger partial charge in [-0.25, -0.2) is 19.0 Å². The summed E-state index contributed by atoms with van der Waals surface area (Å²) in [5, 5.41) is 16.5. The molecule has 13 nitrogen and oxygen atoms in total. The van der Waals surface area contributed by atoms with Crippen LogP contribution in [0.2, 0.25) is 5.02 Å². The van der Waals surface area contributed by atoms with Gasteiger partial charge in [0.15, 0.2) is 23.9 Å². The third-order valence-electron chi connectivity index (χ3n) is 7.88. The highest BCUT2D eigenvalue weighted by atomic mass is 79.9. The first-order valence-corrected chi connectivity index (χ1v) is 15.1. The minimum atomic E-state index is -4.65. The first-order chi connectivity index (χ1) is 22.1. The molecule has 3 unspecified atom stereocenters. The molecule has 2 aromatic heterocycles. The number of aromatic hydroxyl groups is 1. The monoisotopic (exact) mass is 744 g/mol. The van der Waals surface area contributed by atoms with Crippen LogP contribution in [0.15, 0.2) is 40.5 Å². The van der Waals surface area contributed by atoms with Crippen LogP contribution in [-0.4, -0.2) is 90.4 Å². The van der Waals surface area contributed by atoms with Crippen molar-refractivity contribution in [1.82, 2.24) is 29.6 Å². The van der Waals surface area contributed by atoms with E-state index < -0.39 is 60.3 Å². The van der Waals surface area contributed by atoms with Crippen molar-refractivity contribution in [1.29, 1.82) is 0 Å². The molecule has 47 heavy (non-hydrogen) atoms. The molecule has 3 aromatic rings. The maximum Gasteiger partial charge on any atom is 0.416 e. The van der Waals surface area contributed by atoms with E-state index in [0.29, 0.717) is 12.4 Å². The number of hydrogen-bond donors (Lipinski definition) is 2. The average molecular weight is 746 g/mol. The molecule has 1 aromatic carbocycles. The van der Waals surface area contributed by atoms with Gasteiger partial charge in [-0.05, 0) is 48.0 Å². The van der Waals surface area contributed by atoms with Gasteiger partial charge in [-0.3, -0.25) is 14.4 Å². The molecular weight excluding hydrogens is 720 g/mol. The molecule has 2 N–H and O–H groups in total. The quantitative estimate of drug-likeness (QED) is 0.268. The van der Waals surface area contributed by atoms with Gasteiger partial charge < -0.3 is 25.0 Å². The number of anilines is 2. The number of aldehydes is 1. The third-order valence-corrected chi connectivity index (χ3v) is 8.52. The summed E-state index contributed by atoms with van der Waals surface area (Å²) in [6, 6.07) is 2.43. The lowest BCUT2D eigenvalue weighted by Crippen LogP contribution is -2.56. The molecule has 250 valence electrons. The fraction of sp³-hybridized carbons (Fsp3) is 0.393. The minimum absolute atomic E-state index is 0.0463. The summed E-state index contributed by atoms with van der Waals surface area (Å²) in [5.41, 5.74) is -3.12. The number of aryl methyl sites for hydroxylation is 2. The summed E-state index contributed by atoms with van der Waals surface area (Å²) >= 11 is 9.20. The molecule has 4 heterocycles. The van der Waals surface area contributed by atoms with Crippen molar-refractivity contribution in [3.05, 3.63) is 62.5 Å². The summed E-state index contributed by atoms with van der Waals surface area (Å²) in [7, 11) is 1.51. The number of nitrogens with one attached hydrogen (secondary N) is 1. The third kappa shape index (κ3) is 6.40. The van der Waals surface area contributed by atoms with E-state index in [2.05, 4.69) is 41.3 Å². The smallest absolute Gasteiger partial charge is 0.416 e. The average Bonchev–Trinajstić information content (AvgIpc) is 3.49. The number of alkyl halides is 4. The number of carbonyl (C=O) groups is 3. The zero-order valence-corrected chi connectivity index (χ0v) is 27.2. The lowest BCUT2D eigenvalue weighted by molar-refractivity contribution is -0.137. The van der Waals surface area contributed by atoms with Crippen molar-refractivity contribution < 1.29 is 41.8 Å². The second kappa shape index (κ2) is 12.8. The molecule has 0 aliphatic carbocycles. The Balaban J connectivity index is 1.47. The highest BCUT2D eigenvalue weighted by Crippen LogP contribution is 2.46. The predicted molar refractivity (Wildman–Crippen MR) is 161 cm³/mol. The van der Waals surface area contributed by atoms with Crippen LogP contribution in [0.25, 0.3) is 0 Å². The van der Waals surface area contributed by atoms with Gasteiger partial charge in [0.2, 0.25) is 16.6 Å². The molecule has 2 aliphatic rings. The SMILES string of the molecule is Cc1ncnc(C(=O)N2CCC3(OC(C)C(N(CC(=O)Nc4ccc(C(F)(F)F)cc4Cl)c4nc(Br)nn4C)=C3C=O)C(F)C2)c1O. The van der Waals surface area contributed by atoms with E-state index in [1.807, 2.05) is 0 Å². The zero-order valence-electron chi connectivity index (χ0n) is 24.8. The van der Waals surface area contributed by atoms with Gasteiger partial charge in [-0.1, -0.05) is 11.6 Å². The predicted octanol–water partition coefficient (Wildman–Crippen LogP) is 3.99. The molecule has 19 heteroatoms. The largest absolute Gasteiger partial charge is 0.504 e. The zero-order chi connectivity index (χ0) is 34.4. The van der Waals surface area contributed by atoms with Crippen molar-refractivity contribution in [2.45, 2.75) is 44.3 Å². The summed E-state index contributed by atoms with van der Waals surface area (Å²) in [4.78, 5) is 53.6. The van der Waals surface area contributed by atoms with E-state index in [0.717, 1.165) is 23.4 Å². The number of halogens is 6. The highest BCUT2D eigenvalue weighted by Gasteiger charge is 2.56. The van der Waals surface area contributed by atoms with Crippen LogP contribution in [0.4, 0.5) is 29.2 Å². The van der Waals surface area contributed by atoms with Gasteiger partial charge in [0.25, 0.3) is 5.91 Å². The Labute approximate surface area is 277 Å². The van der Waals surface area contributed by atoms with Gasteiger partial charge in [0, 0.05) is 25.6 Å². The molecule has 2 amide bonds. The number of hydrogen-bond acceptors (Lipinski definition) is 10. The first-order valence-electron chi connectivity index (χ1n) is 13.9. The fourth-order valence-corrected chi connectivity index (χ4v) is 6.27. The molecule has 3 atom stereocenters. The summed E-state index contributed by atoms with van der Waals surface area (Å²) in [6.07, 6.45) is -6.21. The Morgan fingerprint density at radius 1 is 1.32 bits per heavy atom. The Morgan fingerprint density at radius 3 is 2.64 bits per heavy atom. The summed E-state index contributed by atoms with van der Waals surface area (Å²) in [6.45, 7) is 1.86. The number of carbonyl (C=O) groups excluding carboxylic acids is 3. The second-order valence-corrected chi connectivity index (χ2v) is 11.9. The number of piperidine rings is 1. The van der Waals surface area contributed by atoms with Crippen molar-refractivity contribution >= 4 is 57.3 Å². The van der Waals surface area contributed by atoms with Gasteiger partial charge in [-0.15, -0.1) is 5.10 Å². The number of aromatic nitrogens is 5. The highest BCUT2D eigenvalue weighted by molar-refractivity contribution is 9.10. The van der Waals surface area contributed by atoms with E-state index in [1.165, 1.54) is 23.6 Å². The van der Waals surface area contributed by atoms with E-state index >= 15 is 4.39 Å². The molecule has 2 aliphatic heterocycles. The van der Waals surface area contributed by atoms with Crippen LogP contribution in [0, 0.1) is 6.92 Å².